The van der Waals surface area contributed by atoms with Gasteiger partial charge in [-0.1, -0.05) is 22.7 Å². The molecule has 0 N–H and O–H groups in total. The Balaban J connectivity index is 1.35. The van der Waals surface area contributed by atoms with Crippen molar-refractivity contribution in [1.82, 2.24) is 49.6 Å². The monoisotopic (exact) mass is 436 g/mol. The van der Waals surface area contributed by atoms with E-state index in [4.69, 9.17) is 0 Å². The third-order valence-electron chi connectivity index (χ3n) is 4.00. The normalized spacial score (nSPS) is 11.6. The number of aromatic nitrogens is 10. The summed E-state index contributed by atoms with van der Waals surface area (Å²) in [7, 11) is 0. The fourth-order valence-electron chi connectivity index (χ4n) is 2.72. The molecule has 0 unspecified atom stereocenters. The zero-order chi connectivity index (χ0) is 19.2. The Labute approximate surface area is 174 Å². The molecule has 0 aliphatic carbocycles. The minimum absolute atomic E-state index is 0.684. The maximum Gasteiger partial charge on any atom is 0.235 e. The largest absolute Gasteiger partial charge is 0.265 e. The molecule has 29 heavy (non-hydrogen) atoms. The average molecular weight is 437 g/mol. The molecule has 13 heteroatoms. The molecule has 0 radical (unpaired) electrons. The van der Waals surface area contributed by atoms with E-state index in [1.165, 1.54) is 34.4 Å². The SMILES string of the molecule is c1cc(-c2nnc3sc(Sc4nn5c(-c6ccncc6)nnc5s4)nn23)ccn1. The van der Waals surface area contributed by atoms with E-state index in [0.29, 0.717) is 11.6 Å². The molecule has 6 aromatic heterocycles. The van der Waals surface area contributed by atoms with Gasteiger partial charge >= 0.3 is 0 Å². The second kappa shape index (κ2) is 6.65. The van der Waals surface area contributed by atoms with E-state index in [-0.39, 0.29) is 0 Å². The van der Waals surface area contributed by atoms with Gasteiger partial charge in [0.05, 0.1) is 0 Å². The summed E-state index contributed by atoms with van der Waals surface area (Å²) in [6.07, 6.45) is 6.88. The first-order chi connectivity index (χ1) is 14.3. The van der Waals surface area contributed by atoms with E-state index >= 15 is 0 Å². The summed E-state index contributed by atoms with van der Waals surface area (Å²) < 4.78 is 5.12. The van der Waals surface area contributed by atoms with E-state index in [1.54, 1.807) is 33.8 Å². The molecule has 0 spiro atoms. The fraction of sp³-hybridized carbons (Fsp3) is 0. The highest BCUT2D eigenvalue weighted by Gasteiger charge is 2.18. The van der Waals surface area contributed by atoms with Gasteiger partial charge in [0.2, 0.25) is 9.92 Å². The first-order valence-electron chi connectivity index (χ1n) is 8.28. The lowest BCUT2D eigenvalue weighted by atomic mass is 10.2. The average Bonchev–Trinajstić information content (AvgIpc) is 3.50. The van der Waals surface area contributed by atoms with Crippen molar-refractivity contribution in [2.45, 2.75) is 8.68 Å². The molecule has 0 amide bonds. The Bertz CT molecular complexity index is 1320. The Hall–Kier alpha value is -3.29. The second-order valence-electron chi connectivity index (χ2n) is 5.75. The number of fused-ring (bicyclic) bond motifs is 2. The van der Waals surface area contributed by atoms with Crippen LogP contribution in [0.4, 0.5) is 0 Å². The minimum Gasteiger partial charge on any atom is -0.265 e. The molecule has 0 aromatic carbocycles. The molecule has 0 saturated carbocycles. The molecule has 10 nitrogen and oxygen atoms in total. The van der Waals surface area contributed by atoms with Crippen LogP contribution in [-0.2, 0) is 0 Å². The molecule has 0 aliphatic heterocycles. The summed E-state index contributed by atoms with van der Waals surface area (Å²) in [6.45, 7) is 0. The number of pyridine rings is 2. The molecule has 6 heterocycles. The van der Waals surface area contributed by atoms with Gasteiger partial charge in [-0.2, -0.15) is 9.03 Å². The van der Waals surface area contributed by atoms with Crippen LogP contribution in [0.25, 0.3) is 32.7 Å². The lowest BCUT2D eigenvalue weighted by Gasteiger charge is -1.95. The molecule has 0 saturated heterocycles. The molecular formula is C16H8N10S3. The Morgan fingerprint density at radius 1 is 0.621 bits per heavy atom. The number of hydrogen-bond acceptors (Lipinski definition) is 11. The zero-order valence-corrected chi connectivity index (χ0v) is 16.8. The summed E-state index contributed by atoms with van der Waals surface area (Å²) in [4.78, 5) is 9.52. The highest BCUT2D eigenvalue weighted by molar-refractivity contribution is 8.02. The summed E-state index contributed by atoms with van der Waals surface area (Å²) in [6, 6.07) is 7.52. The first-order valence-corrected chi connectivity index (χ1v) is 10.7. The van der Waals surface area contributed by atoms with Crippen molar-refractivity contribution in [2.75, 3.05) is 0 Å². The molecule has 140 valence electrons. The minimum atomic E-state index is 0.684. The van der Waals surface area contributed by atoms with Gasteiger partial charge in [0.25, 0.3) is 0 Å². The van der Waals surface area contributed by atoms with Gasteiger partial charge in [-0.25, -0.2) is 0 Å². The van der Waals surface area contributed by atoms with Crippen LogP contribution in [-0.4, -0.2) is 49.6 Å². The van der Waals surface area contributed by atoms with Crippen LogP contribution in [0.2, 0.25) is 0 Å². The van der Waals surface area contributed by atoms with Gasteiger partial charge in [-0.3, -0.25) is 9.97 Å². The van der Waals surface area contributed by atoms with E-state index in [9.17, 15) is 0 Å². The van der Waals surface area contributed by atoms with Crippen molar-refractivity contribution in [3.63, 3.8) is 0 Å². The molecule has 6 rings (SSSR count). The van der Waals surface area contributed by atoms with Crippen molar-refractivity contribution < 1.29 is 0 Å². The van der Waals surface area contributed by atoms with Gasteiger partial charge in [-0.05, 0) is 36.0 Å². The van der Waals surface area contributed by atoms with Crippen LogP contribution in [0, 0.1) is 0 Å². The van der Waals surface area contributed by atoms with Gasteiger partial charge in [0.15, 0.2) is 20.3 Å². The van der Waals surface area contributed by atoms with Crippen molar-refractivity contribution in [1.29, 1.82) is 0 Å². The summed E-state index contributed by atoms with van der Waals surface area (Å²) in [5.74, 6) is 1.37. The van der Waals surface area contributed by atoms with E-state index in [0.717, 1.165) is 29.7 Å². The Kier molecular flexibility index (Phi) is 3.82. The zero-order valence-electron chi connectivity index (χ0n) is 14.3. The molecule has 0 bridgehead atoms. The molecule has 0 aliphatic rings. The van der Waals surface area contributed by atoms with E-state index < -0.39 is 0 Å². The van der Waals surface area contributed by atoms with E-state index in [1.807, 2.05) is 24.3 Å². The highest BCUT2D eigenvalue weighted by atomic mass is 32.2. The summed E-state index contributed by atoms with van der Waals surface area (Å²) in [5, 5.41) is 26.2. The van der Waals surface area contributed by atoms with Crippen molar-refractivity contribution in [2.24, 2.45) is 0 Å². The van der Waals surface area contributed by atoms with Gasteiger partial charge in [-0.15, -0.1) is 30.6 Å². The third-order valence-corrected chi connectivity index (χ3v) is 6.90. The molecule has 6 aromatic rings. The summed E-state index contributed by atoms with van der Waals surface area (Å²) in [5.41, 5.74) is 1.82. The van der Waals surface area contributed by atoms with Crippen molar-refractivity contribution in [3.8, 4) is 22.8 Å². The lowest BCUT2D eigenvalue weighted by molar-refractivity contribution is 0.896. The highest BCUT2D eigenvalue weighted by Crippen LogP contribution is 2.35. The van der Waals surface area contributed by atoms with E-state index in [2.05, 4.69) is 40.6 Å². The van der Waals surface area contributed by atoms with Crippen molar-refractivity contribution >= 4 is 44.4 Å². The van der Waals surface area contributed by atoms with Crippen LogP contribution in [0.3, 0.4) is 0 Å². The second-order valence-corrected chi connectivity index (χ2v) is 9.15. The quantitative estimate of drug-likeness (QED) is 0.411. The summed E-state index contributed by atoms with van der Waals surface area (Å²) >= 11 is 4.39. The van der Waals surface area contributed by atoms with Gasteiger partial charge in [0.1, 0.15) is 0 Å². The van der Waals surface area contributed by atoms with Crippen molar-refractivity contribution in [3.05, 3.63) is 49.1 Å². The van der Waals surface area contributed by atoms with Crippen LogP contribution in [0.15, 0.2) is 57.7 Å². The maximum atomic E-state index is 4.65. The number of hydrogen-bond donors (Lipinski definition) is 0. The topological polar surface area (TPSA) is 112 Å². The van der Waals surface area contributed by atoms with Gasteiger partial charge in [0, 0.05) is 35.9 Å². The molecular weight excluding hydrogens is 428 g/mol. The maximum absolute atomic E-state index is 4.65. The predicted molar refractivity (Wildman–Crippen MR) is 108 cm³/mol. The predicted octanol–water partition coefficient (Wildman–Crippen LogP) is 2.96. The lowest BCUT2D eigenvalue weighted by Crippen LogP contribution is -1.91. The van der Waals surface area contributed by atoms with Crippen LogP contribution in [0.1, 0.15) is 0 Å². The molecule has 0 atom stereocenters. The van der Waals surface area contributed by atoms with Crippen LogP contribution in [0.5, 0.6) is 0 Å². The first kappa shape index (κ1) is 16.6. The smallest absolute Gasteiger partial charge is 0.235 e. The number of rotatable bonds is 4. The fourth-order valence-corrected chi connectivity index (χ4v) is 5.67. The van der Waals surface area contributed by atoms with Gasteiger partial charge < -0.3 is 0 Å². The number of nitrogens with zero attached hydrogens (tertiary/aromatic N) is 10. The van der Waals surface area contributed by atoms with Crippen LogP contribution < -0.4 is 0 Å². The Morgan fingerprint density at radius 2 is 1.07 bits per heavy atom. The Morgan fingerprint density at radius 3 is 1.52 bits per heavy atom. The molecule has 0 fully saturated rings. The van der Waals surface area contributed by atoms with Crippen LogP contribution >= 0.6 is 34.4 Å². The standard InChI is InChI=1S/C16H8N10S3/c1-5-17-6-2-9(1)11-19-21-13-25(11)23-15(27-13)29-16-24-26-12(20-22-14(26)28-16)10-3-7-18-8-4-10/h1-8H. The third kappa shape index (κ3) is 2.86.